The third-order valence-electron chi connectivity index (χ3n) is 5.70. The third-order valence-corrected chi connectivity index (χ3v) is 5.70. The lowest BCUT2D eigenvalue weighted by atomic mass is 10.1. The summed E-state index contributed by atoms with van der Waals surface area (Å²) in [6.45, 7) is 2.61. The second-order valence-corrected chi connectivity index (χ2v) is 7.92. The van der Waals surface area contributed by atoms with Crippen molar-refractivity contribution in [2.45, 2.75) is 32.7 Å². The highest BCUT2D eigenvalue weighted by Gasteiger charge is 2.13. The molecule has 0 atom stereocenters. The van der Waals surface area contributed by atoms with Gasteiger partial charge in [0, 0.05) is 5.56 Å². The van der Waals surface area contributed by atoms with Gasteiger partial charge in [0.1, 0.15) is 0 Å². The number of methoxy groups -OCH3 is 2. The Morgan fingerprint density at radius 3 is 2.36 bits per heavy atom. The zero-order chi connectivity index (χ0) is 23.2. The molecule has 0 saturated heterocycles. The Morgan fingerprint density at radius 1 is 0.909 bits per heavy atom. The number of unbranched alkanes of at least 4 members (excludes halogenated alkanes) is 1. The summed E-state index contributed by atoms with van der Waals surface area (Å²) >= 11 is 0. The normalized spacial score (nSPS) is 10.9. The van der Waals surface area contributed by atoms with Crippen LogP contribution in [0.5, 0.6) is 11.5 Å². The molecule has 170 valence electrons. The van der Waals surface area contributed by atoms with Crippen molar-refractivity contribution in [2.24, 2.45) is 0 Å². The number of nitrogens with zero attached hydrogens (tertiary/aromatic N) is 2. The predicted octanol–water partition coefficient (Wildman–Crippen LogP) is 5.17. The predicted molar refractivity (Wildman–Crippen MR) is 133 cm³/mol. The molecule has 0 fully saturated rings. The standard InChI is InChI=1S/C27H29N3O3/c1-4-5-8-19-11-14-21(15-12-19)26-29-23-10-7-6-9-22(23)27(31)30(26)28-18-20-13-16-24(32-2)25(17-20)33-3/h6-7,9-17,28H,4-5,8,18H2,1-3H3. The Labute approximate surface area is 193 Å². The highest BCUT2D eigenvalue weighted by Crippen LogP contribution is 2.27. The summed E-state index contributed by atoms with van der Waals surface area (Å²) in [6, 6.07) is 21.4. The Kier molecular flexibility index (Phi) is 6.93. The van der Waals surface area contributed by atoms with Crippen molar-refractivity contribution in [3.63, 3.8) is 0 Å². The van der Waals surface area contributed by atoms with Crippen LogP contribution in [0.1, 0.15) is 30.9 Å². The van der Waals surface area contributed by atoms with Crippen LogP contribution in [0.25, 0.3) is 22.3 Å². The van der Waals surface area contributed by atoms with Gasteiger partial charge in [0.05, 0.1) is 31.7 Å². The van der Waals surface area contributed by atoms with Crippen molar-refractivity contribution in [3.05, 3.63) is 88.2 Å². The Balaban J connectivity index is 1.72. The van der Waals surface area contributed by atoms with Crippen molar-refractivity contribution >= 4 is 10.9 Å². The summed E-state index contributed by atoms with van der Waals surface area (Å²) in [7, 11) is 3.21. The molecule has 0 spiro atoms. The van der Waals surface area contributed by atoms with E-state index in [4.69, 9.17) is 14.5 Å². The average Bonchev–Trinajstić information content (AvgIpc) is 2.87. The van der Waals surface area contributed by atoms with Crippen molar-refractivity contribution in [1.29, 1.82) is 0 Å². The lowest BCUT2D eigenvalue weighted by molar-refractivity contribution is 0.354. The molecule has 0 aliphatic rings. The molecule has 1 aromatic heterocycles. The summed E-state index contributed by atoms with van der Waals surface area (Å²) in [5, 5.41) is 0.570. The largest absolute Gasteiger partial charge is 0.493 e. The van der Waals surface area contributed by atoms with Gasteiger partial charge in [0.25, 0.3) is 5.56 Å². The average molecular weight is 444 g/mol. The minimum absolute atomic E-state index is 0.133. The summed E-state index contributed by atoms with van der Waals surface area (Å²) in [6.07, 6.45) is 3.37. The van der Waals surface area contributed by atoms with Crippen molar-refractivity contribution in [2.75, 3.05) is 19.6 Å². The quantitative estimate of drug-likeness (QED) is 0.387. The van der Waals surface area contributed by atoms with Crippen LogP contribution in [0.2, 0.25) is 0 Å². The van der Waals surface area contributed by atoms with E-state index in [0.717, 1.165) is 30.4 Å². The fourth-order valence-corrected chi connectivity index (χ4v) is 3.84. The maximum Gasteiger partial charge on any atom is 0.280 e. The van der Waals surface area contributed by atoms with Crippen LogP contribution in [0.15, 0.2) is 71.5 Å². The number of hydrogen-bond donors (Lipinski definition) is 1. The van der Waals surface area contributed by atoms with E-state index >= 15 is 0 Å². The first-order chi connectivity index (χ1) is 16.1. The number of aryl methyl sites for hydroxylation is 1. The van der Waals surface area contributed by atoms with Crippen LogP contribution >= 0.6 is 0 Å². The number of aromatic nitrogens is 2. The van der Waals surface area contributed by atoms with Gasteiger partial charge in [-0.25, -0.2) is 9.66 Å². The lowest BCUT2D eigenvalue weighted by Crippen LogP contribution is -2.31. The molecule has 33 heavy (non-hydrogen) atoms. The molecule has 1 heterocycles. The molecule has 0 aliphatic carbocycles. The van der Waals surface area contributed by atoms with E-state index < -0.39 is 0 Å². The lowest BCUT2D eigenvalue weighted by Gasteiger charge is -2.17. The van der Waals surface area contributed by atoms with Crippen LogP contribution in [-0.2, 0) is 13.0 Å². The minimum Gasteiger partial charge on any atom is -0.493 e. The van der Waals surface area contributed by atoms with Crippen LogP contribution in [0, 0.1) is 0 Å². The number of fused-ring (bicyclic) bond motifs is 1. The second-order valence-electron chi connectivity index (χ2n) is 7.92. The molecule has 0 amide bonds. The van der Waals surface area contributed by atoms with Gasteiger partial charge in [0.2, 0.25) is 0 Å². The van der Waals surface area contributed by atoms with Gasteiger partial charge in [-0.2, -0.15) is 0 Å². The van der Waals surface area contributed by atoms with Crippen LogP contribution in [0.4, 0.5) is 0 Å². The van der Waals surface area contributed by atoms with Crippen molar-refractivity contribution in [3.8, 4) is 22.9 Å². The molecule has 4 rings (SSSR count). The summed E-state index contributed by atoms with van der Waals surface area (Å²) in [5.41, 5.74) is 6.94. The van der Waals surface area contributed by atoms with Gasteiger partial charge in [-0.1, -0.05) is 55.8 Å². The molecule has 0 unspecified atom stereocenters. The molecule has 0 aliphatic heterocycles. The molecule has 4 aromatic rings. The number of nitrogens with one attached hydrogen (secondary N) is 1. The minimum atomic E-state index is -0.133. The fourth-order valence-electron chi connectivity index (χ4n) is 3.84. The number of benzene rings is 3. The summed E-state index contributed by atoms with van der Waals surface area (Å²) < 4.78 is 12.3. The van der Waals surface area contributed by atoms with E-state index in [-0.39, 0.29) is 5.56 Å². The third kappa shape index (κ3) is 4.85. The van der Waals surface area contributed by atoms with E-state index in [2.05, 4.69) is 24.5 Å². The van der Waals surface area contributed by atoms with E-state index in [1.165, 1.54) is 5.56 Å². The maximum atomic E-state index is 13.4. The Morgan fingerprint density at radius 2 is 1.64 bits per heavy atom. The SMILES string of the molecule is CCCCc1ccc(-c2nc3ccccc3c(=O)n2NCc2ccc(OC)c(OC)c2)cc1. The van der Waals surface area contributed by atoms with Gasteiger partial charge in [-0.15, -0.1) is 0 Å². The topological polar surface area (TPSA) is 65.4 Å². The van der Waals surface area contributed by atoms with Crippen LogP contribution < -0.4 is 20.5 Å². The molecule has 0 saturated carbocycles. The molecular formula is C27H29N3O3. The van der Waals surface area contributed by atoms with E-state index in [0.29, 0.717) is 34.8 Å². The van der Waals surface area contributed by atoms with E-state index in [9.17, 15) is 4.79 Å². The van der Waals surface area contributed by atoms with E-state index in [1.54, 1.807) is 25.0 Å². The van der Waals surface area contributed by atoms with Crippen molar-refractivity contribution < 1.29 is 9.47 Å². The first-order valence-corrected chi connectivity index (χ1v) is 11.2. The highest BCUT2D eigenvalue weighted by molar-refractivity contribution is 5.79. The molecule has 6 heteroatoms. The van der Waals surface area contributed by atoms with Gasteiger partial charge in [0.15, 0.2) is 17.3 Å². The zero-order valence-corrected chi connectivity index (χ0v) is 19.3. The fraction of sp³-hybridized carbons (Fsp3) is 0.259. The van der Waals surface area contributed by atoms with Gasteiger partial charge in [-0.05, 0) is 48.2 Å². The molecule has 1 N–H and O–H groups in total. The molecule has 6 nitrogen and oxygen atoms in total. The first-order valence-electron chi connectivity index (χ1n) is 11.2. The zero-order valence-electron chi connectivity index (χ0n) is 19.3. The first kappa shape index (κ1) is 22.4. The Hall–Kier alpha value is -3.80. The highest BCUT2D eigenvalue weighted by atomic mass is 16.5. The van der Waals surface area contributed by atoms with Crippen LogP contribution in [0.3, 0.4) is 0 Å². The van der Waals surface area contributed by atoms with Gasteiger partial charge < -0.3 is 14.9 Å². The number of hydrogen-bond acceptors (Lipinski definition) is 5. The summed E-state index contributed by atoms with van der Waals surface area (Å²) in [5.74, 6) is 1.89. The monoisotopic (exact) mass is 443 g/mol. The maximum absolute atomic E-state index is 13.4. The smallest absolute Gasteiger partial charge is 0.280 e. The molecule has 0 bridgehead atoms. The Bertz CT molecular complexity index is 1300. The molecular weight excluding hydrogens is 414 g/mol. The molecule has 0 radical (unpaired) electrons. The molecule has 3 aromatic carbocycles. The number of ether oxygens (including phenoxy) is 2. The van der Waals surface area contributed by atoms with E-state index in [1.807, 2.05) is 48.5 Å². The van der Waals surface area contributed by atoms with Crippen LogP contribution in [-0.4, -0.2) is 23.9 Å². The second kappa shape index (κ2) is 10.2. The van der Waals surface area contributed by atoms with Gasteiger partial charge >= 0.3 is 0 Å². The van der Waals surface area contributed by atoms with Gasteiger partial charge in [-0.3, -0.25) is 4.79 Å². The van der Waals surface area contributed by atoms with Crippen molar-refractivity contribution in [1.82, 2.24) is 9.66 Å². The number of para-hydroxylation sites is 1. The summed E-state index contributed by atoms with van der Waals surface area (Å²) in [4.78, 5) is 18.2. The number of rotatable bonds is 9.